The van der Waals surface area contributed by atoms with E-state index in [-0.39, 0.29) is 31.0 Å². The first-order valence-corrected chi connectivity index (χ1v) is 7.66. The maximum absolute atomic E-state index is 12.6. The van der Waals surface area contributed by atoms with Crippen LogP contribution in [0.5, 0.6) is 5.75 Å². The van der Waals surface area contributed by atoms with Crippen molar-refractivity contribution in [2.24, 2.45) is 0 Å². The van der Waals surface area contributed by atoms with Crippen molar-refractivity contribution in [2.45, 2.75) is 18.2 Å². The van der Waals surface area contributed by atoms with Crippen LogP contribution in [0.1, 0.15) is 12.5 Å². The van der Waals surface area contributed by atoms with Gasteiger partial charge in [-0.2, -0.15) is 4.31 Å². The molecule has 0 aliphatic rings. The van der Waals surface area contributed by atoms with Gasteiger partial charge in [-0.15, -0.1) is 6.42 Å². The zero-order chi connectivity index (χ0) is 15.2. The Morgan fingerprint density at radius 3 is 2.65 bits per heavy atom. The fourth-order valence-electron chi connectivity index (χ4n) is 1.86. The lowest BCUT2D eigenvalue weighted by atomic mass is 10.1. The van der Waals surface area contributed by atoms with Gasteiger partial charge in [-0.1, -0.05) is 12.8 Å². The van der Waals surface area contributed by atoms with E-state index in [2.05, 4.69) is 5.92 Å². The molecule has 1 rings (SSSR count). The molecule has 0 radical (unpaired) electrons. The second-order valence-corrected chi connectivity index (χ2v) is 5.99. The summed E-state index contributed by atoms with van der Waals surface area (Å²) < 4.78 is 31.4. The number of benzene rings is 1. The van der Waals surface area contributed by atoms with Gasteiger partial charge in [0.1, 0.15) is 5.75 Å². The number of ether oxygens (including phenoxy) is 1. The van der Waals surface area contributed by atoms with E-state index in [9.17, 15) is 8.42 Å². The Kier molecular flexibility index (Phi) is 6.02. The van der Waals surface area contributed by atoms with Crippen LogP contribution in [0.2, 0.25) is 0 Å². The third kappa shape index (κ3) is 3.51. The van der Waals surface area contributed by atoms with Gasteiger partial charge in [0.2, 0.25) is 10.0 Å². The fourth-order valence-corrected chi connectivity index (χ4v) is 3.45. The minimum atomic E-state index is -3.67. The molecule has 6 heteroatoms. The second kappa shape index (κ2) is 7.29. The van der Waals surface area contributed by atoms with Crippen LogP contribution in [0, 0.1) is 12.3 Å². The van der Waals surface area contributed by atoms with Crippen molar-refractivity contribution in [3.8, 4) is 18.1 Å². The van der Waals surface area contributed by atoms with Gasteiger partial charge < -0.3 is 9.84 Å². The zero-order valence-electron chi connectivity index (χ0n) is 11.7. The summed E-state index contributed by atoms with van der Waals surface area (Å²) in [4.78, 5) is 0.157. The first-order chi connectivity index (χ1) is 9.51. The van der Waals surface area contributed by atoms with Gasteiger partial charge in [-0.05, 0) is 30.2 Å². The quantitative estimate of drug-likeness (QED) is 0.759. The number of sulfonamides is 1. The molecule has 20 heavy (non-hydrogen) atoms. The van der Waals surface area contributed by atoms with Crippen LogP contribution in [0.3, 0.4) is 0 Å². The van der Waals surface area contributed by atoms with Crippen LogP contribution in [0.25, 0.3) is 0 Å². The summed E-state index contributed by atoms with van der Waals surface area (Å²) >= 11 is 0. The van der Waals surface area contributed by atoms with E-state index in [4.69, 9.17) is 16.3 Å². The van der Waals surface area contributed by atoms with E-state index >= 15 is 0 Å². The molecule has 0 fully saturated rings. The van der Waals surface area contributed by atoms with E-state index in [1.807, 2.05) is 0 Å². The molecule has 0 heterocycles. The van der Waals surface area contributed by atoms with Crippen LogP contribution in [-0.2, 0) is 16.4 Å². The van der Waals surface area contributed by atoms with Gasteiger partial charge in [0.25, 0.3) is 0 Å². The van der Waals surface area contributed by atoms with Gasteiger partial charge in [-0.3, -0.25) is 0 Å². The lowest BCUT2D eigenvalue weighted by Crippen LogP contribution is -2.32. The molecule has 0 bridgehead atoms. The zero-order valence-corrected chi connectivity index (χ0v) is 12.5. The van der Waals surface area contributed by atoms with Crippen LogP contribution in [0.4, 0.5) is 0 Å². The maximum atomic E-state index is 12.6. The number of terminal acetylenes is 1. The van der Waals surface area contributed by atoms with Gasteiger partial charge in [-0.25, -0.2) is 8.42 Å². The maximum Gasteiger partial charge on any atom is 0.244 e. The molecule has 0 saturated carbocycles. The Hall–Kier alpha value is -1.55. The number of methoxy groups -OCH3 is 1. The molecule has 1 aromatic rings. The minimum absolute atomic E-state index is 0.0173. The van der Waals surface area contributed by atoms with Crippen molar-refractivity contribution in [3.05, 3.63) is 23.8 Å². The molecule has 0 spiro atoms. The number of aliphatic hydroxyl groups excluding tert-OH is 1. The third-order valence-electron chi connectivity index (χ3n) is 2.89. The molecule has 0 unspecified atom stereocenters. The largest absolute Gasteiger partial charge is 0.497 e. The third-order valence-corrected chi connectivity index (χ3v) is 4.91. The summed E-state index contributed by atoms with van der Waals surface area (Å²) in [7, 11) is -2.16. The van der Waals surface area contributed by atoms with Crippen molar-refractivity contribution in [1.29, 1.82) is 0 Å². The predicted molar refractivity (Wildman–Crippen MR) is 77.0 cm³/mol. The molecule has 0 aromatic heterocycles. The molecular weight excluding hydrogens is 278 g/mol. The van der Waals surface area contributed by atoms with Gasteiger partial charge in [0.05, 0.1) is 18.6 Å². The topological polar surface area (TPSA) is 66.8 Å². The number of hydrogen-bond acceptors (Lipinski definition) is 4. The highest BCUT2D eigenvalue weighted by atomic mass is 32.2. The highest BCUT2D eigenvalue weighted by Crippen LogP contribution is 2.25. The molecule has 0 amide bonds. The molecule has 1 N–H and O–H groups in total. The molecule has 110 valence electrons. The van der Waals surface area contributed by atoms with Crippen molar-refractivity contribution in [3.63, 3.8) is 0 Å². The molecule has 0 atom stereocenters. The molecule has 5 nitrogen and oxygen atoms in total. The molecule has 0 saturated heterocycles. The van der Waals surface area contributed by atoms with Crippen LogP contribution < -0.4 is 4.74 Å². The minimum Gasteiger partial charge on any atom is -0.497 e. The summed E-state index contributed by atoms with van der Waals surface area (Å²) in [6.45, 7) is 1.89. The van der Waals surface area contributed by atoms with Crippen LogP contribution in [-0.4, -0.2) is 44.6 Å². The van der Waals surface area contributed by atoms with E-state index in [1.165, 1.54) is 17.5 Å². The summed E-state index contributed by atoms with van der Waals surface area (Å²) in [5, 5.41) is 9.09. The van der Waals surface area contributed by atoms with E-state index < -0.39 is 10.0 Å². The normalized spacial score (nSPS) is 11.3. The van der Waals surface area contributed by atoms with Crippen molar-refractivity contribution < 1.29 is 18.3 Å². The Labute approximate surface area is 120 Å². The van der Waals surface area contributed by atoms with E-state index in [1.54, 1.807) is 19.1 Å². The number of hydrogen-bond donors (Lipinski definition) is 1. The lowest BCUT2D eigenvalue weighted by molar-refractivity contribution is 0.298. The SMILES string of the molecule is C#CCN(CC)S(=O)(=O)c1ccc(OC)cc1CCO. The lowest BCUT2D eigenvalue weighted by Gasteiger charge is -2.20. The average molecular weight is 297 g/mol. The second-order valence-electron chi connectivity index (χ2n) is 4.08. The summed E-state index contributed by atoms with van der Waals surface area (Å²) in [6, 6.07) is 4.68. The van der Waals surface area contributed by atoms with Crippen molar-refractivity contribution in [1.82, 2.24) is 4.31 Å². The Balaban J connectivity index is 3.33. The van der Waals surface area contributed by atoms with Crippen LogP contribution >= 0.6 is 0 Å². The van der Waals surface area contributed by atoms with Crippen molar-refractivity contribution >= 4 is 10.0 Å². The molecular formula is C14H19NO4S. The van der Waals surface area contributed by atoms with Crippen molar-refractivity contribution in [2.75, 3.05) is 26.8 Å². The van der Waals surface area contributed by atoms with Crippen LogP contribution in [0.15, 0.2) is 23.1 Å². The molecule has 0 aliphatic heterocycles. The Morgan fingerprint density at radius 1 is 1.45 bits per heavy atom. The average Bonchev–Trinajstić information content (AvgIpc) is 2.44. The number of aliphatic hydroxyl groups is 1. The Bertz CT molecular complexity index is 590. The first kappa shape index (κ1) is 16.5. The summed E-state index contributed by atoms with van der Waals surface area (Å²) in [5.41, 5.74) is 0.516. The highest BCUT2D eigenvalue weighted by Gasteiger charge is 2.25. The molecule has 0 aliphatic carbocycles. The monoisotopic (exact) mass is 297 g/mol. The smallest absolute Gasteiger partial charge is 0.244 e. The number of nitrogens with zero attached hydrogens (tertiary/aromatic N) is 1. The predicted octanol–water partition coefficient (Wildman–Crippen LogP) is 0.874. The highest BCUT2D eigenvalue weighted by molar-refractivity contribution is 7.89. The molecule has 1 aromatic carbocycles. The van der Waals surface area contributed by atoms with Gasteiger partial charge >= 0.3 is 0 Å². The first-order valence-electron chi connectivity index (χ1n) is 6.22. The standard InChI is InChI=1S/C14H19NO4S/c1-4-9-15(5-2)20(17,18)14-7-6-13(19-3)11-12(14)8-10-16/h1,6-7,11,16H,5,8-10H2,2-3H3. The van der Waals surface area contributed by atoms with E-state index in [0.717, 1.165) is 0 Å². The fraction of sp³-hybridized carbons (Fsp3) is 0.429. The summed E-state index contributed by atoms with van der Waals surface area (Å²) in [5.74, 6) is 2.89. The van der Waals surface area contributed by atoms with E-state index in [0.29, 0.717) is 11.3 Å². The van der Waals surface area contributed by atoms with Gasteiger partial charge in [0.15, 0.2) is 0 Å². The Morgan fingerprint density at radius 2 is 2.15 bits per heavy atom. The number of rotatable bonds is 7. The summed E-state index contributed by atoms with van der Waals surface area (Å²) in [6.07, 6.45) is 5.44. The van der Waals surface area contributed by atoms with Gasteiger partial charge in [0, 0.05) is 13.2 Å².